The van der Waals surface area contributed by atoms with Gasteiger partial charge < -0.3 is 9.84 Å². The fraction of sp³-hybridized carbons (Fsp3) is 0.286. The Labute approximate surface area is 118 Å². The van der Waals surface area contributed by atoms with Crippen LogP contribution in [0, 0.1) is 6.92 Å². The molecule has 1 N–H and O–H groups in total. The number of halogens is 3. The van der Waals surface area contributed by atoms with Gasteiger partial charge in [0, 0.05) is 0 Å². The number of ether oxygens (including phenoxy) is 1. The molecular weight excluding hydrogens is 289 g/mol. The Balaban J connectivity index is 2.39. The molecule has 0 aliphatic heterocycles. The fourth-order valence-electron chi connectivity index (χ4n) is 1.98. The van der Waals surface area contributed by atoms with Gasteiger partial charge in [-0.05, 0) is 41.6 Å². The van der Waals surface area contributed by atoms with E-state index in [1.807, 2.05) is 0 Å². The zero-order chi connectivity index (χ0) is 14.9. The maximum Gasteiger partial charge on any atom is 0.416 e. The van der Waals surface area contributed by atoms with Crippen LogP contribution in [0.25, 0.3) is 0 Å². The molecule has 20 heavy (non-hydrogen) atoms. The molecule has 0 saturated carbocycles. The molecule has 0 aliphatic carbocycles. The van der Waals surface area contributed by atoms with Gasteiger partial charge in [-0.1, -0.05) is 6.07 Å². The standard InChI is InChI=1S/C14H13F3O2S/c1-8-7-9(14(15,16)17)3-4-10(8)12(18)13-11(19-2)5-6-20-13/h3-7,12,18H,1-2H3. The Hall–Kier alpha value is -1.53. The van der Waals surface area contributed by atoms with Gasteiger partial charge in [-0.2, -0.15) is 13.2 Å². The highest BCUT2D eigenvalue weighted by Gasteiger charge is 2.31. The van der Waals surface area contributed by atoms with E-state index in [9.17, 15) is 18.3 Å². The zero-order valence-corrected chi connectivity index (χ0v) is 11.7. The number of aryl methyl sites for hydroxylation is 1. The molecule has 1 atom stereocenters. The van der Waals surface area contributed by atoms with Crippen molar-refractivity contribution in [3.63, 3.8) is 0 Å². The van der Waals surface area contributed by atoms with E-state index in [-0.39, 0.29) is 0 Å². The summed E-state index contributed by atoms with van der Waals surface area (Å²) in [5.41, 5.74) is 0.116. The predicted octanol–water partition coefficient (Wildman–Crippen LogP) is 4.17. The number of hydrogen-bond donors (Lipinski definition) is 1. The van der Waals surface area contributed by atoms with E-state index in [1.54, 1.807) is 18.4 Å². The van der Waals surface area contributed by atoms with Crippen LogP contribution < -0.4 is 4.74 Å². The molecule has 6 heteroatoms. The van der Waals surface area contributed by atoms with Gasteiger partial charge in [-0.25, -0.2) is 0 Å². The molecule has 0 spiro atoms. The third-order valence-corrected chi connectivity index (χ3v) is 3.97. The lowest BCUT2D eigenvalue weighted by Crippen LogP contribution is -2.08. The highest BCUT2D eigenvalue weighted by atomic mass is 32.1. The van der Waals surface area contributed by atoms with Crippen molar-refractivity contribution in [1.82, 2.24) is 0 Å². The minimum atomic E-state index is -4.38. The predicted molar refractivity (Wildman–Crippen MR) is 71.1 cm³/mol. The Kier molecular flexibility index (Phi) is 4.06. The summed E-state index contributed by atoms with van der Waals surface area (Å²) in [6.45, 7) is 1.55. The molecule has 1 unspecified atom stereocenters. The fourth-order valence-corrected chi connectivity index (χ4v) is 2.84. The molecule has 108 valence electrons. The second kappa shape index (κ2) is 5.46. The van der Waals surface area contributed by atoms with Crippen LogP contribution in [-0.2, 0) is 6.18 Å². The molecule has 0 bridgehead atoms. The van der Waals surface area contributed by atoms with Gasteiger partial charge in [0.1, 0.15) is 11.9 Å². The van der Waals surface area contributed by atoms with Crippen molar-refractivity contribution in [2.45, 2.75) is 19.2 Å². The van der Waals surface area contributed by atoms with Crippen molar-refractivity contribution < 1.29 is 23.0 Å². The molecule has 0 amide bonds. The summed E-state index contributed by atoms with van der Waals surface area (Å²) in [6, 6.07) is 5.04. The summed E-state index contributed by atoms with van der Waals surface area (Å²) in [7, 11) is 1.48. The zero-order valence-electron chi connectivity index (χ0n) is 10.9. The van der Waals surface area contributed by atoms with Crippen molar-refractivity contribution in [2.75, 3.05) is 7.11 Å². The van der Waals surface area contributed by atoms with Crippen LogP contribution in [0.15, 0.2) is 29.6 Å². The Bertz CT molecular complexity index is 605. The van der Waals surface area contributed by atoms with Gasteiger partial charge in [0.05, 0.1) is 17.6 Å². The van der Waals surface area contributed by atoms with Crippen LogP contribution in [0.5, 0.6) is 5.75 Å². The SMILES string of the molecule is COc1ccsc1C(O)c1ccc(C(F)(F)F)cc1C. The summed E-state index contributed by atoms with van der Waals surface area (Å²) in [5, 5.41) is 12.1. The summed E-state index contributed by atoms with van der Waals surface area (Å²) in [4.78, 5) is 0.579. The quantitative estimate of drug-likeness (QED) is 0.922. The highest BCUT2D eigenvalue weighted by Crippen LogP contribution is 2.37. The topological polar surface area (TPSA) is 29.5 Å². The molecule has 1 heterocycles. The molecule has 1 aromatic heterocycles. The van der Waals surface area contributed by atoms with Gasteiger partial charge in [0.15, 0.2) is 0 Å². The lowest BCUT2D eigenvalue weighted by Gasteiger charge is -2.16. The first-order valence-corrected chi connectivity index (χ1v) is 6.69. The van der Waals surface area contributed by atoms with Gasteiger partial charge in [-0.3, -0.25) is 0 Å². The van der Waals surface area contributed by atoms with Crippen molar-refractivity contribution in [3.8, 4) is 5.75 Å². The van der Waals surface area contributed by atoms with Crippen molar-refractivity contribution in [1.29, 1.82) is 0 Å². The molecule has 2 aromatic rings. The molecule has 2 rings (SSSR count). The van der Waals surface area contributed by atoms with Crippen molar-refractivity contribution >= 4 is 11.3 Å². The summed E-state index contributed by atoms with van der Waals surface area (Å²) < 4.78 is 43.0. The van der Waals surface area contributed by atoms with E-state index in [0.29, 0.717) is 21.8 Å². The van der Waals surface area contributed by atoms with E-state index >= 15 is 0 Å². The molecule has 2 nitrogen and oxygen atoms in total. The number of benzene rings is 1. The third kappa shape index (κ3) is 2.81. The lowest BCUT2D eigenvalue weighted by molar-refractivity contribution is -0.137. The first kappa shape index (κ1) is 14.9. The monoisotopic (exact) mass is 302 g/mol. The Morgan fingerprint density at radius 2 is 1.95 bits per heavy atom. The van der Waals surface area contributed by atoms with Crippen LogP contribution in [0.1, 0.15) is 27.7 Å². The van der Waals surface area contributed by atoms with Gasteiger partial charge >= 0.3 is 6.18 Å². The van der Waals surface area contributed by atoms with E-state index in [4.69, 9.17) is 4.74 Å². The van der Waals surface area contributed by atoms with Crippen LogP contribution in [0.2, 0.25) is 0 Å². The Morgan fingerprint density at radius 1 is 1.25 bits per heavy atom. The molecular formula is C14H13F3O2S. The number of aliphatic hydroxyl groups excluding tert-OH is 1. The van der Waals surface area contributed by atoms with E-state index in [2.05, 4.69) is 0 Å². The van der Waals surface area contributed by atoms with Gasteiger partial charge in [0.2, 0.25) is 0 Å². The minimum Gasteiger partial charge on any atom is -0.495 e. The normalized spacial score (nSPS) is 13.3. The average molecular weight is 302 g/mol. The van der Waals surface area contributed by atoms with E-state index < -0.39 is 17.8 Å². The summed E-state index contributed by atoms with van der Waals surface area (Å²) in [6.07, 6.45) is -5.37. The van der Waals surface area contributed by atoms with Crippen LogP contribution in [0.4, 0.5) is 13.2 Å². The number of thiophene rings is 1. The molecule has 1 aromatic carbocycles. The number of hydrogen-bond acceptors (Lipinski definition) is 3. The van der Waals surface area contributed by atoms with Gasteiger partial charge in [-0.15, -0.1) is 11.3 Å². The minimum absolute atomic E-state index is 0.391. The smallest absolute Gasteiger partial charge is 0.416 e. The largest absolute Gasteiger partial charge is 0.495 e. The van der Waals surface area contributed by atoms with Crippen molar-refractivity contribution in [3.05, 3.63) is 51.2 Å². The number of rotatable bonds is 3. The second-order valence-corrected chi connectivity index (χ2v) is 5.27. The van der Waals surface area contributed by atoms with Crippen LogP contribution in [-0.4, -0.2) is 12.2 Å². The van der Waals surface area contributed by atoms with E-state index in [1.165, 1.54) is 24.5 Å². The van der Waals surface area contributed by atoms with Crippen LogP contribution >= 0.6 is 11.3 Å². The molecule has 0 fully saturated rings. The first-order chi connectivity index (χ1) is 9.34. The summed E-state index contributed by atoms with van der Waals surface area (Å²) in [5.74, 6) is 0.529. The maximum atomic E-state index is 12.6. The Morgan fingerprint density at radius 3 is 2.50 bits per heavy atom. The first-order valence-electron chi connectivity index (χ1n) is 5.81. The maximum absolute atomic E-state index is 12.6. The molecule has 0 aliphatic rings. The molecule has 0 radical (unpaired) electrons. The molecule has 0 saturated heterocycles. The summed E-state index contributed by atoms with van der Waals surface area (Å²) >= 11 is 1.30. The second-order valence-electron chi connectivity index (χ2n) is 4.32. The lowest BCUT2D eigenvalue weighted by atomic mass is 9.99. The number of methoxy groups -OCH3 is 1. The number of alkyl halides is 3. The van der Waals surface area contributed by atoms with Crippen LogP contribution in [0.3, 0.4) is 0 Å². The average Bonchev–Trinajstić information content (AvgIpc) is 2.85. The van der Waals surface area contributed by atoms with Gasteiger partial charge in [0.25, 0.3) is 0 Å². The van der Waals surface area contributed by atoms with E-state index in [0.717, 1.165) is 12.1 Å². The third-order valence-electron chi connectivity index (χ3n) is 3.02. The number of aliphatic hydroxyl groups is 1. The highest BCUT2D eigenvalue weighted by molar-refractivity contribution is 7.10. The van der Waals surface area contributed by atoms with Crippen molar-refractivity contribution in [2.24, 2.45) is 0 Å².